The van der Waals surface area contributed by atoms with Gasteiger partial charge in [0.2, 0.25) is 0 Å². The Labute approximate surface area is 300 Å². The van der Waals surface area contributed by atoms with E-state index in [1.165, 1.54) is 120 Å². The number of fused-ring (bicyclic) bond motifs is 4. The van der Waals surface area contributed by atoms with Crippen molar-refractivity contribution < 1.29 is 24.2 Å². The van der Waals surface area contributed by atoms with Gasteiger partial charge < -0.3 is 0 Å². The van der Waals surface area contributed by atoms with Crippen molar-refractivity contribution in [2.45, 2.75) is 87.0 Å². The zero-order chi connectivity index (χ0) is 30.7. The quantitative estimate of drug-likeness (QED) is 0.160. The molecule has 0 aliphatic heterocycles. The van der Waals surface area contributed by atoms with E-state index in [1.54, 1.807) is 5.57 Å². The van der Waals surface area contributed by atoms with Crippen molar-refractivity contribution in [3.05, 3.63) is 129 Å². The number of allylic oxidation sites excluding steroid dienone is 4. The molecule has 3 aliphatic carbocycles. The first-order valence-electron chi connectivity index (χ1n) is 16.0. The van der Waals surface area contributed by atoms with E-state index in [2.05, 4.69) is 133 Å². The fourth-order valence-corrected chi connectivity index (χ4v) is 7.04. The van der Waals surface area contributed by atoms with Crippen molar-refractivity contribution in [3.8, 4) is 11.1 Å². The monoisotopic (exact) mass is 712 g/mol. The Kier molecular flexibility index (Phi) is 13.4. The van der Waals surface area contributed by atoms with Crippen LogP contribution in [0.2, 0.25) is 0 Å². The van der Waals surface area contributed by atoms with E-state index in [9.17, 15) is 0 Å². The molecule has 234 valence electrons. The first-order chi connectivity index (χ1) is 20.5. The normalized spacial score (nSPS) is 16.9. The molecule has 0 saturated heterocycles. The summed E-state index contributed by atoms with van der Waals surface area (Å²) in [5.41, 5.74) is 14.5. The average Bonchev–Trinajstić information content (AvgIpc) is 3.58. The van der Waals surface area contributed by atoms with Crippen molar-refractivity contribution in [1.29, 1.82) is 0 Å². The Morgan fingerprint density at radius 1 is 0.800 bits per heavy atom. The second kappa shape index (κ2) is 16.2. The van der Waals surface area contributed by atoms with Crippen molar-refractivity contribution in [3.63, 3.8) is 0 Å². The molecule has 0 nitrogen and oxygen atoms in total. The molecule has 7 rings (SSSR count). The van der Waals surface area contributed by atoms with Gasteiger partial charge in [0.05, 0.1) is 0 Å². The van der Waals surface area contributed by atoms with Gasteiger partial charge in [-0.1, -0.05) is 88.8 Å². The molecule has 4 aromatic carbocycles. The molecule has 1 saturated carbocycles. The van der Waals surface area contributed by atoms with Crippen LogP contribution in [0.5, 0.6) is 0 Å². The van der Waals surface area contributed by atoms with Gasteiger partial charge in [0, 0.05) is 0 Å². The Balaban J connectivity index is 0.000000183. The van der Waals surface area contributed by atoms with Crippen LogP contribution in [0.3, 0.4) is 0 Å². The molecule has 3 heteroatoms. The van der Waals surface area contributed by atoms with Gasteiger partial charge in [-0.05, 0) is 37.0 Å². The topological polar surface area (TPSA) is 0 Å². The second-order valence-corrected chi connectivity index (χ2v) is 15.1. The number of aryl methyl sites for hydroxylation is 4. The minimum Gasteiger partial charge on any atom is -0.176 e. The Morgan fingerprint density at radius 2 is 1.44 bits per heavy atom. The Bertz CT molecular complexity index is 1660. The maximum Gasteiger partial charge on any atom is -0.0253 e. The van der Waals surface area contributed by atoms with E-state index in [1.807, 2.05) is 0 Å². The molecule has 1 unspecified atom stereocenters. The van der Waals surface area contributed by atoms with Crippen molar-refractivity contribution in [2.24, 2.45) is 11.3 Å². The van der Waals surface area contributed by atoms with Crippen LogP contribution in [-0.2, 0) is 30.7 Å². The molecule has 0 bridgehead atoms. The van der Waals surface area contributed by atoms with E-state index >= 15 is 0 Å². The zero-order valence-electron chi connectivity index (χ0n) is 28.1. The number of hydrogen-bond donors (Lipinski definition) is 0. The van der Waals surface area contributed by atoms with Gasteiger partial charge in [0.1, 0.15) is 0 Å². The fourth-order valence-electron chi connectivity index (χ4n) is 6.65. The SMILES string of the molecule is CC1[C-]=CC(C2(C)CCCCC2)=C1.C[C](=[Zr+2])c1ccc2ccccc2c1.Cc1[c-]c2c(cc1C)-c1cc(C)c(C)cc1C2.Cl.Cl. The molecule has 1 atom stereocenters. The molecular weight excluding hydrogens is 667 g/mol. The standard InChI is InChI=1S/C17H17.C13H19.C12H10.2ClH.Zr/c1-10-5-14-9-15-6-11(2)13(4)8-17(15)16(14)7-12(10)3;1-11-6-7-12(10-11)13(2)8-4-3-5-9-13;1-2-10-7-8-11-5-3-4-6-12(11)9-10;;;/h5,7-8H,9H2,1-4H3;7,10-11H,3-5,8-9H2,1-2H3;3-9H,1H3;2*1H;/q2*-1;;;;+2. The van der Waals surface area contributed by atoms with Gasteiger partial charge in [-0.3, -0.25) is 6.08 Å². The smallest absolute Gasteiger partial charge is 0.0253 e. The summed E-state index contributed by atoms with van der Waals surface area (Å²) in [5.74, 6) is 0.550. The van der Waals surface area contributed by atoms with Gasteiger partial charge >= 0.3 is 93.2 Å². The third-order valence-electron chi connectivity index (χ3n) is 9.76. The van der Waals surface area contributed by atoms with Crippen LogP contribution in [-0.4, -0.2) is 3.21 Å². The number of benzene rings is 4. The number of hydrogen-bond acceptors (Lipinski definition) is 0. The molecule has 0 radical (unpaired) electrons. The summed E-state index contributed by atoms with van der Waals surface area (Å²) < 4.78 is 1.46. The van der Waals surface area contributed by atoms with Crippen molar-refractivity contribution in [2.75, 3.05) is 0 Å². The summed E-state index contributed by atoms with van der Waals surface area (Å²) in [5, 5.41) is 2.66. The van der Waals surface area contributed by atoms with Crippen LogP contribution in [0.15, 0.2) is 78.4 Å². The first-order valence-corrected chi connectivity index (χ1v) is 17.3. The van der Waals surface area contributed by atoms with E-state index < -0.39 is 0 Å². The molecule has 0 heterocycles. The molecule has 3 aliphatic rings. The average molecular weight is 715 g/mol. The van der Waals surface area contributed by atoms with Crippen LogP contribution < -0.4 is 0 Å². The van der Waals surface area contributed by atoms with Crippen LogP contribution in [0, 0.1) is 51.2 Å². The van der Waals surface area contributed by atoms with Crippen molar-refractivity contribution in [1.82, 2.24) is 0 Å². The van der Waals surface area contributed by atoms with E-state index in [-0.39, 0.29) is 24.8 Å². The van der Waals surface area contributed by atoms with Crippen molar-refractivity contribution >= 4 is 38.8 Å². The molecule has 0 aromatic heterocycles. The first kappa shape index (κ1) is 37.4. The number of halogens is 2. The van der Waals surface area contributed by atoms with Gasteiger partial charge in [-0.2, -0.15) is 34.9 Å². The molecule has 0 amide bonds. The van der Waals surface area contributed by atoms with Gasteiger partial charge in [-0.25, -0.2) is 6.08 Å². The van der Waals surface area contributed by atoms with E-state index in [4.69, 9.17) is 0 Å². The Morgan fingerprint density at radius 3 is 2.09 bits per heavy atom. The molecule has 0 spiro atoms. The third-order valence-corrected chi connectivity index (χ3v) is 10.5. The summed E-state index contributed by atoms with van der Waals surface area (Å²) in [6, 6.07) is 25.7. The van der Waals surface area contributed by atoms with E-state index in [0.717, 1.165) is 6.42 Å². The van der Waals surface area contributed by atoms with Gasteiger partial charge in [0.25, 0.3) is 0 Å². The maximum atomic E-state index is 3.54. The molecule has 0 N–H and O–H groups in total. The zero-order valence-corrected chi connectivity index (χ0v) is 32.2. The minimum atomic E-state index is 0. The van der Waals surface area contributed by atoms with Crippen LogP contribution in [0.25, 0.3) is 21.9 Å². The third kappa shape index (κ3) is 8.86. The van der Waals surface area contributed by atoms with Crippen LogP contribution >= 0.6 is 24.8 Å². The molecular formula is C42H48Cl2Zr. The predicted molar refractivity (Wildman–Crippen MR) is 197 cm³/mol. The maximum absolute atomic E-state index is 3.54. The summed E-state index contributed by atoms with van der Waals surface area (Å²) in [4.78, 5) is 0. The van der Waals surface area contributed by atoms with Gasteiger partial charge in [-0.15, -0.1) is 35.9 Å². The minimum absolute atomic E-state index is 0. The molecule has 4 aromatic rings. The van der Waals surface area contributed by atoms with Crippen LogP contribution in [0.1, 0.15) is 91.8 Å². The Hall–Kier alpha value is -2.05. The second-order valence-electron chi connectivity index (χ2n) is 13.3. The molecule has 1 fully saturated rings. The summed E-state index contributed by atoms with van der Waals surface area (Å²) in [7, 11) is 0. The summed E-state index contributed by atoms with van der Waals surface area (Å²) in [6.45, 7) is 15.5. The fraction of sp³-hybridized carbons (Fsp3) is 0.357. The molecule has 45 heavy (non-hydrogen) atoms. The van der Waals surface area contributed by atoms with E-state index in [0.29, 0.717) is 11.3 Å². The summed E-state index contributed by atoms with van der Waals surface area (Å²) >= 11 is 1.50. The predicted octanol–water partition coefficient (Wildman–Crippen LogP) is 12.0. The largest absolute Gasteiger partial charge is 0.176 e. The van der Waals surface area contributed by atoms with Gasteiger partial charge in [0.15, 0.2) is 0 Å². The summed E-state index contributed by atoms with van der Waals surface area (Å²) in [6.07, 6.45) is 16.1. The van der Waals surface area contributed by atoms with Crippen LogP contribution in [0.4, 0.5) is 0 Å². The number of rotatable bonds is 2.